The van der Waals surface area contributed by atoms with E-state index in [1.807, 2.05) is 43.3 Å². The number of ether oxygens (including phenoxy) is 1. The fourth-order valence-corrected chi connectivity index (χ4v) is 8.09. The highest BCUT2D eigenvalue weighted by atomic mass is 16.5. The zero-order chi connectivity index (χ0) is 23.1. The quantitative estimate of drug-likeness (QED) is 0.706. The fraction of sp³-hybridized carbons (Fsp3) is 0.552. The number of phenolic OH excluding ortho intramolecular Hbond substituents is 1. The van der Waals surface area contributed by atoms with Gasteiger partial charge in [0.25, 0.3) is 5.91 Å². The Morgan fingerprint density at radius 1 is 1.18 bits per heavy atom. The Morgan fingerprint density at radius 2 is 2.06 bits per heavy atom. The molecule has 3 heterocycles. The van der Waals surface area contributed by atoms with E-state index in [2.05, 4.69) is 16.3 Å². The van der Waals surface area contributed by atoms with Crippen molar-refractivity contribution in [2.45, 2.75) is 68.6 Å². The summed E-state index contributed by atoms with van der Waals surface area (Å²) in [6, 6.07) is 13.8. The van der Waals surface area contributed by atoms with Crippen LogP contribution in [0.25, 0.3) is 0 Å². The summed E-state index contributed by atoms with van der Waals surface area (Å²) in [5.74, 6) is 1.90. The standard InChI is InChI=1S/C29H34N2O3/c1-18-3-2-4-20(13-18)27(33)30-17-28-11-9-25(34-28)29-15-21-7-8-22(32)14-24(21)23(26(28)29)10-12-31(29)16-19-5-6-19/h2-4,7-8,13-14,19,23,25-26,32H,5-6,9-12,15-17H2,1H3,(H,30,33)/t23?,25?,26?,28-,29?/m0/s1. The average molecular weight is 459 g/mol. The van der Waals surface area contributed by atoms with Gasteiger partial charge in [0.2, 0.25) is 0 Å². The molecule has 34 heavy (non-hydrogen) atoms. The minimum absolute atomic E-state index is 0.0140. The molecule has 1 saturated carbocycles. The number of amides is 1. The van der Waals surface area contributed by atoms with Crippen LogP contribution in [0.4, 0.5) is 0 Å². The molecule has 2 N–H and O–H groups in total. The van der Waals surface area contributed by atoms with Gasteiger partial charge in [-0.1, -0.05) is 23.8 Å². The van der Waals surface area contributed by atoms with Crippen LogP contribution in [-0.4, -0.2) is 52.8 Å². The number of nitrogens with one attached hydrogen (secondary N) is 1. The largest absolute Gasteiger partial charge is 0.508 e. The van der Waals surface area contributed by atoms with Gasteiger partial charge in [-0.05, 0) is 99.2 Å². The van der Waals surface area contributed by atoms with Gasteiger partial charge in [-0.25, -0.2) is 0 Å². The Balaban J connectivity index is 1.25. The number of piperidine rings is 1. The lowest BCUT2D eigenvalue weighted by atomic mass is 9.52. The highest BCUT2D eigenvalue weighted by Crippen LogP contribution is 2.66. The van der Waals surface area contributed by atoms with Crippen LogP contribution >= 0.6 is 0 Å². The van der Waals surface area contributed by atoms with Crippen LogP contribution in [0.3, 0.4) is 0 Å². The first-order valence-corrected chi connectivity index (χ1v) is 13.1. The first-order valence-electron chi connectivity index (χ1n) is 13.1. The summed E-state index contributed by atoms with van der Waals surface area (Å²) < 4.78 is 7.00. The van der Waals surface area contributed by atoms with E-state index < -0.39 is 0 Å². The van der Waals surface area contributed by atoms with Gasteiger partial charge in [-0.2, -0.15) is 0 Å². The summed E-state index contributed by atoms with van der Waals surface area (Å²) in [6.45, 7) is 4.87. The second-order valence-corrected chi connectivity index (χ2v) is 11.6. The molecule has 2 aliphatic carbocycles. The molecule has 4 unspecified atom stereocenters. The van der Waals surface area contributed by atoms with Crippen molar-refractivity contribution < 1.29 is 14.6 Å². The third-order valence-electron chi connectivity index (χ3n) is 9.58. The molecule has 5 aliphatic rings. The van der Waals surface area contributed by atoms with Crippen molar-refractivity contribution in [1.82, 2.24) is 10.2 Å². The summed E-state index contributed by atoms with van der Waals surface area (Å²) in [5.41, 5.74) is 4.19. The number of carbonyl (C=O) groups excluding carboxylic acids is 1. The maximum atomic E-state index is 13.1. The molecule has 0 spiro atoms. The van der Waals surface area contributed by atoms with Crippen LogP contribution < -0.4 is 5.32 Å². The summed E-state index contributed by atoms with van der Waals surface area (Å²) in [5, 5.41) is 13.6. The van der Waals surface area contributed by atoms with Crippen molar-refractivity contribution in [2.24, 2.45) is 11.8 Å². The minimum atomic E-state index is -0.333. The van der Waals surface area contributed by atoms with Gasteiger partial charge in [0.15, 0.2) is 0 Å². The van der Waals surface area contributed by atoms with Crippen LogP contribution in [0.5, 0.6) is 5.75 Å². The van der Waals surface area contributed by atoms with E-state index >= 15 is 0 Å². The van der Waals surface area contributed by atoms with Crippen LogP contribution in [-0.2, 0) is 11.2 Å². The van der Waals surface area contributed by atoms with Gasteiger partial charge >= 0.3 is 0 Å². The maximum absolute atomic E-state index is 13.1. The van der Waals surface area contributed by atoms with Crippen molar-refractivity contribution in [2.75, 3.05) is 19.6 Å². The van der Waals surface area contributed by atoms with Gasteiger partial charge in [0, 0.05) is 24.6 Å². The molecule has 4 fully saturated rings. The van der Waals surface area contributed by atoms with Gasteiger partial charge in [0.1, 0.15) is 5.75 Å². The predicted molar refractivity (Wildman–Crippen MR) is 130 cm³/mol. The fourth-order valence-electron chi connectivity index (χ4n) is 8.09. The predicted octanol–water partition coefficient (Wildman–Crippen LogP) is 4.17. The average Bonchev–Trinajstić information content (AvgIpc) is 3.47. The van der Waals surface area contributed by atoms with Crippen molar-refractivity contribution in [1.29, 1.82) is 0 Å². The molecule has 3 saturated heterocycles. The zero-order valence-corrected chi connectivity index (χ0v) is 19.9. The minimum Gasteiger partial charge on any atom is -0.508 e. The molecule has 3 aliphatic heterocycles. The van der Waals surface area contributed by atoms with E-state index in [1.54, 1.807) is 0 Å². The molecule has 5 nitrogen and oxygen atoms in total. The second kappa shape index (κ2) is 7.32. The van der Waals surface area contributed by atoms with Gasteiger partial charge in [-0.15, -0.1) is 0 Å². The SMILES string of the molecule is Cc1cccc(C(=O)NC[C@]23CCC(O2)C24Cc5ccc(O)cc5C(CCN2CC2CC2)C43)c1. The summed E-state index contributed by atoms with van der Waals surface area (Å²) in [7, 11) is 0. The summed E-state index contributed by atoms with van der Waals surface area (Å²) >= 11 is 0. The normalized spacial score (nSPS) is 35.6. The van der Waals surface area contributed by atoms with Gasteiger partial charge < -0.3 is 15.2 Å². The molecule has 7 rings (SSSR count). The number of nitrogens with zero attached hydrogens (tertiary/aromatic N) is 1. The van der Waals surface area contributed by atoms with Crippen LogP contribution in [0, 0.1) is 18.8 Å². The number of aryl methyl sites for hydroxylation is 1. The van der Waals surface area contributed by atoms with Crippen molar-refractivity contribution >= 4 is 5.91 Å². The van der Waals surface area contributed by atoms with Gasteiger partial charge in [-0.3, -0.25) is 9.69 Å². The molecule has 2 aromatic rings. The number of hydrogen-bond acceptors (Lipinski definition) is 4. The lowest BCUT2D eigenvalue weighted by Gasteiger charge is -2.60. The zero-order valence-electron chi connectivity index (χ0n) is 19.9. The molecular formula is C29H34N2O3. The molecule has 4 bridgehead atoms. The Kier molecular flexibility index (Phi) is 4.51. The van der Waals surface area contributed by atoms with Crippen molar-refractivity contribution in [3.8, 4) is 5.75 Å². The smallest absolute Gasteiger partial charge is 0.251 e. The van der Waals surface area contributed by atoms with Crippen LogP contribution in [0.15, 0.2) is 42.5 Å². The van der Waals surface area contributed by atoms with Crippen LogP contribution in [0.2, 0.25) is 0 Å². The molecule has 5 heteroatoms. The molecule has 0 radical (unpaired) electrons. The number of aromatic hydroxyl groups is 1. The van der Waals surface area contributed by atoms with Gasteiger partial charge in [0.05, 0.1) is 17.2 Å². The van der Waals surface area contributed by atoms with Crippen LogP contribution in [0.1, 0.15) is 65.1 Å². The Labute approximate surface area is 201 Å². The van der Waals surface area contributed by atoms with E-state index in [1.165, 1.54) is 30.5 Å². The number of carbonyl (C=O) groups is 1. The number of likely N-dealkylation sites (tertiary alicyclic amines) is 1. The summed E-state index contributed by atoms with van der Waals surface area (Å²) in [6.07, 6.45) is 7.09. The lowest BCUT2D eigenvalue weighted by Crippen LogP contribution is -2.70. The van der Waals surface area contributed by atoms with E-state index in [0.717, 1.165) is 43.7 Å². The number of rotatable bonds is 5. The third-order valence-corrected chi connectivity index (χ3v) is 9.58. The second-order valence-electron chi connectivity index (χ2n) is 11.6. The summed E-state index contributed by atoms with van der Waals surface area (Å²) in [4.78, 5) is 15.9. The number of hydrogen-bond donors (Lipinski definition) is 2. The molecular weight excluding hydrogens is 424 g/mol. The molecule has 2 aromatic carbocycles. The maximum Gasteiger partial charge on any atom is 0.251 e. The van der Waals surface area contributed by atoms with E-state index in [0.29, 0.717) is 29.7 Å². The van der Waals surface area contributed by atoms with Crippen molar-refractivity contribution in [3.63, 3.8) is 0 Å². The highest BCUT2D eigenvalue weighted by Gasteiger charge is 2.73. The van der Waals surface area contributed by atoms with E-state index in [4.69, 9.17) is 4.74 Å². The first-order chi connectivity index (χ1) is 16.5. The monoisotopic (exact) mass is 458 g/mol. The molecule has 5 atom stereocenters. The number of phenols is 1. The molecule has 1 amide bonds. The number of benzene rings is 2. The number of fused-ring (bicyclic) bond motifs is 4. The van der Waals surface area contributed by atoms with Crippen molar-refractivity contribution in [3.05, 3.63) is 64.7 Å². The van der Waals surface area contributed by atoms with E-state index in [9.17, 15) is 9.90 Å². The Morgan fingerprint density at radius 3 is 2.88 bits per heavy atom. The van der Waals surface area contributed by atoms with E-state index in [-0.39, 0.29) is 23.2 Å². The Hall–Kier alpha value is -2.37. The molecule has 0 aromatic heterocycles. The first kappa shape index (κ1) is 21.0. The molecule has 178 valence electrons. The topological polar surface area (TPSA) is 61.8 Å². The lowest BCUT2D eigenvalue weighted by molar-refractivity contribution is -0.0545. The Bertz CT molecular complexity index is 1160. The highest BCUT2D eigenvalue weighted by molar-refractivity contribution is 5.94. The third kappa shape index (κ3) is 2.96.